The van der Waals surface area contributed by atoms with E-state index < -0.39 is 30.5 Å². The third-order valence-corrected chi connectivity index (χ3v) is 4.20. The number of hydrogen-bond acceptors (Lipinski definition) is 5. The van der Waals surface area contributed by atoms with Gasteiger partial charge in [-0.25, -0.2) is 9.78 Å². The minimum Gasteiger partial charge on any atom is -0.480 e. The third kappa shape index (κ3) is 4.31. The first-order chi connectivity index (χ1) is 11.1. The van der Waals surface area contributed by atoms with Crippen LogP contribution in [0.5, 0.6) is 0 Å². The molecule has 0 fully saturated rings. The molecule has 1 unspecified atom stereocenters. The Bertz CT molecular complexity index is 769. The van der Waals surface area contributed by atoms with Gasteiger partial charge in [-0.1, -0.05) is 0 Å². The molecule has 2 heterocycles. The number of carboxylic acid groups (broad SMARTS) is 1. The van der Waals surface area contributed by atoms with Crippen LogP contribution in [0.15, 0.2) is 12.4 Å². The smallest absolute Gasteiger partial charge is 0.391 e. The molecule has 0 saturated carbocycles. The predicted molar refractivity (Wildman–Crippen MR) is 78.6 cm³/mol. The summed E-state index contributed by atoms with van der Waals surface area (Å²) in [4.78, 5) is 27.3. The number of hydrogen-bond donors (Lipinski definition) is 2. The first kappa shape index (κ1) is 17.9. The van der Waals surface area contributed by atoms with E-state index in [1.807, 2.05) is 5.32 Å². The van der Waals surface area contributed by atoms with Crippen LogP contribution < -0.4 is 5.32 Å². The van der Waals surface area contributed by atoms with Gasteiger partial charge >= 0.3 is 12.1 Å². The van der Waals surface area contributed by atoms with Gasteiger partial charge in [-0.15, -0.1) is 11.3 Å². The van der Waals surface area contributed by atoms with E-state index in [1.54, 1.807) is 13.2 Å². The maximum Gasteiger partial charge on any atom is 0.391 e. The highest BCUT2D eigenvalue weighted by molar-refractivity contribution is 7.17. The molecular formula is C13H13F3N4O3S. The normalized spacial score (nSPS) is 12.9. The molecular weight excluding hydrogens is 349 g/mol. The molecule has 1 atom stereocenters. The van der Waals surface area contributed by atoms with E-state index in [0.29, 0.717) is 16.3 Å². The van der Waals surface area contributed by atoms with Crippen molar-refractivity contribution in [2.45, 2.75) is 25.6 Å². The second kappa shape index (κ2) is 6.59. The number of nitrogens with zero attached hydrogens (tertiary/aromatic N) is 3. The van der Waals surface area contributed by atoms with Crippen molar-refractivity contribution in [1.29, 1.82) is 0 Å². The summed E-state index contributed by atoms with van der Waals surface area (Å²) in [6.45, 7) is 1.52. The fourth-order valence-electron chi connectivity index (χ4n) is 1.92. The molecule has 0 aromatic carbocycles. The van der Waals surface area contributed by atoms with Crippen LogP contribution in [0.25, 0.3) is 10.6 Å². The zero-order valence-corrected chi connectivity index (χ0v) is 13.4. The van der Waals surface area contributed by atoms with E-state index in [-0.39, 0.29) is 4.88 Å². The Labute approximate surface area is 138 Å². The maximum atomic E-state index is 12.4. The van der Waals surface area contributed by atoms with Gasteiger partial charge in [-0.2, -0.15) is 18.3 Å². The monoisotopic (exact) mass is 362 g/mol. The molecule has 130 valence electrons. The summed E-state index contributed by atoms with van der Waals surface area (Å²) < 4.78 is 38.7. The summed E-state index contributed by atoms with van der Waals surface area (Å²) in [5.41, 5.74) is 0.947. The van der Waals surface area contributed by atoms with Crippen LogP contribution in [0.3, 0.4) is 0 Å². The van der Waals surface area contributed by atoms with Gasteiger partial charge in [0.05, 0.1) is 18.3 Å². The summed E-state index contributed by atoms with van der Waals surface area (Å²) in [5, 5.41) is 15.2. The summed E-state index contributed by atoms with van der Waals surface area (Å²) in [7, 11) is 1.70. The first-order valence-electron chi connectivity index (χ1n) is 6.63. The lowest BCUT2D eigenvalue weighted by Crippen LogP contribution is -2.43. The molecule has 2 aromatic heterocycles. The topological polar surface area (TPSA) is 97.1 Å². The van der Waals surface area contributed by atoms with Crippen molar-refractivity contribution in [3.8, 4) is 10.6 Å². The van der Waals surface area contributed by atoms with Gasteiger partial charge in [0.2, 0.25) is 0 Å². The molecule has 0 aliphatic rings. The fourth-order valence-corrected chi connectivity index (χ4v) is 2.86. The van der Waals surface area contributed by atoms with E-state index in [4.69, 9.17) is 5.11 Å². The molecule has 2 rings (SSSR count). The molecule has 0 bridgehead atoms. The first-order valence-corrected chi connectivity index (χ1v) is 7.45. The minimum absolute atomic E-state index is 0.0577. The fraction of sp³-hybridized carbons (Fsp3) is 0.385. The van der Waals surface area contributed by atoms with E-state index in [1.165, 1.54) is 17.8 Å². The van der Waals surface area contributed by atoms with Gasteiger partial charge in [0.15, 0.2) is 0 Å². The average Bonchev–Trinajstić information content (AvgIpc) is 3.02. The van der Waals surface area contributed by atoms with Gasteiger partial charge in [-0.05, 0) is 6.92 Å². The largest absolute Gasteiger partial charge is 0.480 e. The molecule has 2 aromatic rings. The quantitative estimate of drug-likeness (QED) is 0.848. The highest BCUT2D eigenvalue weighted by Gasteiger charge is 2.36. The molecule has 2 N–H and O–H groups in total. The number of thiazole rings is 1. The Morgan fingerprint density at radius 3 is 2.62 bits per heavy atom. The van der Waals surface area contributed by atoms with Crippen LogP contribution in [0.1, 0.15) is 21.8 Å². The average molecular weight is 362 g/mol. The molecule has 1 amide bonds. The zero-order chi connectivity index (χ0) is 18.1. The lowest BCUT2D eigenvalue weighted by Gasteiger charge is -2.15. The maximum absolute atomic E-state index is 12.4. The van der Waals surface area contributed by atoms with Gasteiger partial charge in [0.25, 0.3) is 5.91 Å². The van der Waals surface area contributed by atoms with Crippen molar-refractivity contribution in [1.82, 2.24) is 20.1 Å². The second-order valence-electron chi connectivity index (χ2n) is 5.02. The zero-order valence-electron chi connectivity index (χ0n) is 12.6. The van der Waals surface area contributed by atoms with E-state index >= 15 is 0 Å². The molecule has 0 aliphatic carbocycles. The second-order valence-corrected chi connectivity index (χ2v) is 6.02. The van der Waals surface area contributed by atoms with E-state index in [2.05, 4.69) is 10.1 Å². The third-order valence-electron chi connectivity index (χ3n) is 2.99. The van der Waals surface area contributed by atoms with Crippen LogP contribution >= 0.6 is 11.3 Å². The van der Waals surface area contributed by atoms with Crippen molar-refractivity contribution in [2.24, 2.45) is 7.05 Å². The van der Waals surface area contributed by atoms with Crippen molar-refractivity contribution in [2.75, 3.05) is 0 Å². The SMILES string of the molecule is Cc1nc(-c2cnn(C)c2)sc1C(=O)NC(CC(F)(F)F)C(=O)O. The number of amides is 1. The van der Waals surface area contributed by atoms with Crippen molar-refractivity contribution < 1.29 is 27.9 Å². The molecule has 0 saturated heterocycles. The Balaban J connectivity index is 2.20. The van der Waals surface area contributed by atoms with Crippen molar-refractivity contribution in [3.63, 3.8) is 0 Å². The minimum atomic E-state index is -4.71. The number of aliphatic carboxylic acids is 1. The predicted octanol–water partition coefficient (Wildman–Crippen LogP) is 1.99. The number of rotatable bonds is 5. The van der Waals surface area contributed by atoms with Gasteiger partial charge < -0.3 is 10.4 Å². The highest BCUT2D eigenvalue weighted by atomic mass is 32.1. The molecule has 7 nitrogen and oxygen atoms in total. The molecule has 24 heavy (non-hydrogen) atoms. The number of nitrogens with one attached hydrogen (secondary N) is 1. The van der Waals surface area contributed by atoms with Gasteiger partial charge in [0.1, 0.15) is 15.9 Å². The number of alkyl halides is 3. The molecule has 0 radical (unpaired) electrons. The lowest BCUT2D eigenvalue weighted by atomic mass is 10.2. The Morgan fingerprint density at radius 2 is 2.12 bits per heavy atom. The Kier molecular flexibility index (Phi) is 4.92. The van der Waals surface area contributed by atoms with Crippen LogP contribution in [-0.2, 0) is 11.8 Å². The number of aromatic nitrogens is 3. The van der Waals surface area contributed by atoms with Crippen LogP contribution in [0.2, 0.25) is 0 Å². The summed E-state index contributed by atoms with van der Waals surface area (Å²) in [5.74, 6) is -2.66. The summed E-state index contributed by atoms with van der Waals surface area (Å²) >= 11 is 0.955. The number of aryl methyl sites for hydroxylation is 2. The number of carbonyl (C=O) groups is 2. The lowest BCUT2D eigenvalue weighted by molar-refractivity contribution is -0.157. The Hall–Kier alpha value is -2.43. The number of carbonyl (C=O) groups excluding carboxylic acids is 1. The standard InChI is InChI=1S/C13H13F3N4O3S/c1-6-9(24-11(18-6)7-4-17-20(2)5-7)10(21)19-8(12(22)23)3-13(14,15)16/h4-5,8H,3H2,1-2H3,(H,19,21)(H,22,23). The number of halogens is 3. The van der Waals surface area contributed by atoms with Crippen LogP contribution in [0.4, 0.5) is 13.2 Å². The summed E-state index contributed by atoms with van der Waals surface area (Å²) in [6, 6.07) is -2.05. The highest BCUT2D eigenvalue weighted by Crippen LogP contribution is 2.28. The van der Waals surface area contributed by atoms with Gasteiger partial charge in [-0.3, -0.25) is 9.48 Å². The van der Waals surface area contributed by atoms with Crippen molar-refractivity contribution in [3.05, 3.63) is 23.0 Å². The van der Waals surface area contributed by atoms with Gasteiger partial charge in [0, 0.05) is 18.8 Å². The molecule has 11 heteroatoms. The summed E-state index contributed by atoms with van der Waals surface area (Å²) in [6.07, 6.45) is -3.16. The van der Waals surface area contributed by atoms with Crippen LogP contribution in [0, 0.1) is 6.92 Å². The van der Waals surface area contributed by atoms with E-state index in [9.17, 15) is 22.8 Å². The van der Waals surface area contributed by atoms with Crippen molar-refractivity contribution >= 4 is 23.2 Å². The molecule has 0 aliphatic heterocycles. The number of carboxylic acids is 1. The molecule has 0 spiro atoms. The Morgan fingerprint density at radius 1 is 1.46 bits per heavy atom. The van der Waals surface area contributed by atoms with Crippen LogP contribution in [-0.4, -0.2) is 44.0 Å². The van der Waals surface area contributed by atoms with E-state index in [0.717, 1.165) is 11.3 Å².